The molecular formula is C14H30O4. The van der Waals surface area contributed by atoms with Crippen LogP contribution >= 0.6 is 0 Å². The fourth-order valence-electron chi connectivity index (χ4n) is 1.60. The first kappa shape index (κ1) is 19.7. The minimum Gasteiger partial charge on any atom is -0.481 e. The fourth-order valence-corrected chi connectivity index (χ4v) is 1.60. The summed E-state index contributed by atoms with van der Waals surface area (Å²) in [5.74, 6) is 0.0247. The number of carboxylic acid groups (broad SMARTS) is 1. The molecule has 4 heteroatoms. The largest absolute Gasteiger partial charge is 0.481 e. The molecule has 0 amide bonds. The van der Waals surface area contributed by atoms with E-state index in [9.17, 15) is 0 Å². The van der Waals surface area contributed by atoms with Gasteiger partial charge in [-0.05, 0) is 12.3 Å². The van der Waals surface area contributed by atoms with Crippen LogP contribution in [-0.2, 0) is 9.68 Å². The Morgan fingerprint density at radius 1 is 1.00 bits per heavy atom. The van der Waals surface area contributed by atoms with E-state index in [-0.39, 0.29) is 0 Å². The topological polar surface area (TPSA) is 66.8 Å². The third-order valence-electron chi connectivity index (χ3n) is 2.52. The standard InChI is InChI=1S/C12H26O2.C2H4O2/c1-12(2)10-8-6-4-3-5-7-9-11-14-13;1-2(3)4/h12-13H,3-11H2,1-2H3;1H3,(H,3,4). The minimum absolute atomic E-state index is 0.493. The quantitative estimate of drug-likeness (QED) is 0.349. The smallest absolute Gasteiger partial charge is 0.300 e. The lowest BCUT2D eigenvalue weighted by molar-refractivity contribution is -0.242. The summed E-state index contributed by atoms with van der Waals surface area (Å²) in [7, 11) is 0. The van der Waals surface area contributed by atoms with E-state index >= 15 is 0 Å². The van der Waals surface area contributed by atoms with E-state index in [0.717, 1.165) is 19.3 Å². The van der Waals surface area contributed by atoms with Gasteiger partial charge in [0.1, 0.15) is 0 Å². The van der Waals surface area contributed by atoms with Crippen molar-refractivity contribution in [3.63, 3.8) is 0 Å². The van der Waals surface area contributed by atoms with Crippen molar-refractivity contribution in [2.75, 3.05) is 6.61 Å². The van der Waals surface area contributed by atoms with E-state index in [0.29, 0.717) is 6.61 Å². The maximum atomic E-state index is 9.00. The molecule has 0 saturated carbocycles. The SMILES string of the molecule is CC(=O)O.CC(C)CCCCCCCCCOO. The molecule has 0 rings (SSSR count). The van der Waals surface area contributed by atoms with Crippen LogP contribution in [0.15, 0.2) is 0 Å². The van der Waals surface area contributed by atoms with E-state index in [2.05, 4.69) is 18.7 Å². The van der Waals surface area contributed by atoms with Gasteiger partial charge in [-0.25, -0.2) is 4.89 Å². The normalized spacial score (nSPS) is 10.1. The Morgan fingerprint density at radius 3 is 1.78 bits per heavy atom. The Labute approximate surface area is 111 Å². The monoisotopic (exact) mass is 262 g/mol. The van der Waals surface area contributed by atoms with Crippen LogP contribution in [0, 0.1) is 5.92 Å². The maximum Gasteiger partial charge on any atom is 0.300 e. The third-order valence-corrected chi connectivity index (χ3v) is 2.52. The Morgan fingerprint density at radius 2 is 1.39 bits per heavy atom. The Hall–Kier alpha value is -0.610. The summed E-state index contributed by atoms with van der Waals surface area (Å²) in [6.45, 7) is 6.15. The number of hydrogen-bond donors (Lipinski definition) is 2. The van der Waals surface area contributed by atoms with Gasteiger partial charge < -0.3 is 5.11 Å². The van der Waals surface area contributed by atoms with Crippen LogP contribution in [0.4, 0.5) is 0 Å². The van der Waals surface area contributed by atoms with Crippen LogP contribution in [0.3, 0.4) is 0 Å². The summed E-state index contributed by atoms with van der Waals surface area (Å²) >= 11 is 0. The molecule has 0 saturated heterocycles. The number of aliphatic carboxylic acids is 1. The lowest BCUT2D eigenvalue weighted by Crippen LogP contribution is -1.89. The first-order valence-corrected chi connectivity index (χ1v) is 6.96. The second-order valence-electron chi connectivity index (χ2n) is 5.01. The van der Waals surface area contributed by atoms with Crippen molar-refractivity contribution >= 4 is 5.97 Å². The lowest BCUT2D eigenvalue weighted by atomic mass is 10.0. The van der Waals surface area contributed by atoms with E-state index in [1.807, 2.05) is 0 Å². The molecule has 4 nitrogen and oxygen atoms in total. The van der Waals surface area contributed by atoms with Crippen molar-refractivity contribution in [1.82, 2.24) is 0 Å². The van der Waals surface area contributed by atoms with Crippen molar-refractivity contribution in [2.45, 2.75) is 72.1 Å². The van der Waals surface area contributed by atoms with Gasteiger partial charge in [-0.3, -0.25) is 10.1 Å². The Kier molecular flexibility index (Phi) is 18.0. The van der Waals surface area contributed by atoms with Crippen molar-refractivity contribution in [3.05, 3.63) is 0 Å². The van der Waals surface area contributed by atoms with Gasteiger partial charge in [0, 0.05) is 6.92 Å². The zero-order valence-electron chi connectivity index (χ0n) is 12.2. The second-order valence-corrected chi connectivity index (χ2v) is 5.01. The van der Waals surface area contributed by atoms with Gasteiger partial charge in [-0.1, -0.05) is 58.8 Å². The summed E-state index contributed by atoms with van der Waals surface area (Å²) in [4.78, 5) is 13.0. The predicted molar refractivity (Wildman–Crippen MR) is 73.7 cm³/mol. The number of hydrogen-bond acceptors (Lipinski definition) is 3. The molecule has 0 radical (unpaired) electrons. The average Bonchev–Trinajstić information content (AvgIpc) is 2.26. The summed E-state index contributed by atoms with van der Waals surface area (Å²) in [6.07, 6.45) is 10.3. The minimum atomic E-state index is -0.833. The summed E-state index contributed by atoms with van der Waals surface area (Å²) in [5.41, 5.74) is 0. The Bertz CT molecular complexity index is 165. The van der Waals surface area contributed by atoms with Gasteiger partial charge in [0.15, 0.2) is 0 Å². The highest BCUT2D eigenvalue weighted by Crippen LogP contribution is 2.11. The molecule has 0 bridgehead atoms. The molecule has 0 fully saturated rings. The molecule has 0 aromatic rings. The molecule has 0 unspecified atom stereocenters. The highest BCUT2D eigenvalue weighted by Gasteiger charge is 1.94. The molecule has 2 N–H and O–H groups in total. The zero-order valence-corrected chi connectivity index (χ0v) is 12.2. The van der Waals surface area contributed by atoms with E-state index in [1.165, 1.54) is 44.9 Å². The predicted octanol–water partition coefficient (Wildman–Crippen LogP) is 4.34. The molecule has 18 heavy (non-hydrogen) atoms. The number of carbonyl (C=O) groups is 1. The first-order chi connectivity index (χ1) is 8.50. The van der Waals surface area contributed by atoms with Crippen molar-refractivity contribution in [3.8, 4) is 0 Å². The number of carboxylic acids is 1. The van der Waals surface area contributed by atoms with Crippen LogP contribution in [0.5, 0.6) is 0 Å². The average molecular weight is 262 g/mol. The Balaban J connectivity index is 0. The van der Waals surface area contributed by atoms with Gasteiger partial charge in [-0.15, -0.1) is 0 Å². The highest BCUT2D eigenvalue weighted by molar-refractivity contribution is 5.62. The lowest BCUT2D eigenvalue weighted by Gasteiger charge is -2.04. The number of rotatable bonds is 10. The van der Waals surface area contributed by atoms with Gasteiger partial charge in [0.25, 0.3) is 5.97 Å². The van der Waals surface area contributed by atoms with Crippen LogP contribution in [0.2, 0.25) is 0 Å². The van der Waals surface area contributed by atoms with E-state index in [1.54, 1.807) is 0 Å². The van der Waals surface area contributed by atoms with Crippen molar-refractivity contribution in [1.29, 1.82) is 0 Å². The van der Waals surface area contributed by atoms with Gasteiger partial charge in [0.05, 0.1) is 6.61 Å². The number of unbranched alkanes of at least 4 members (excludes halogenated alkanes) is 6. The molecule has 0 aliphatic carbocycles. The molecule has 0 heterocycles. The second kappa shape index (κ2) is 16.4. The first-order valence-electron chi connectivity index (χ1n) is 6.96. The molecule has 0 aromatic carbocycles. The van der Waals surface area contributed by atoms with Crippen LogP contribution in [0.25, 0.3) is 0 Å². The van der Waals surface area contributed by atoms with Crippen LogP contribution in [0.1, 0.15) is 72.1 Å². The summed E-state index contributed by atoms with van der Waals surface area (Å²) in [6, 6.07) is 0. The molecule has 110 valence electrons. The summed E-state index contributed by atoms with van der Waals surface area (Å²) in [5, 5.41) is 15.5. The van der Waals surface area contributed by atoms with Crippen molar-refractivity contribution in [2.24, 2.45) is 5.92 Å². The highest BCUT2D eigenvalue weighted by atomic mass is 17.1. The fraction of sp³-hybridized carbons (Fsp3) is 0.929. The summed E-state index contributed by atoms with van der Waals surface area (Å²) < 4.78 is 0. The molecule has 0 aromatic heterocycles. The zero-order chi connectivity index (χ0) is 14.2. The van der Waals surface area contributed by atoms with Gasteiger partial charge in [0.2, 0.25) is 0 Å². The molecule has 0 spiro atoms. The molecule has 0 aliphatic rings. The van der Waals surface area contributed by atoms with E-state index < -0.39 is 5.97 Å². The van der Waals surface area contributed by atoms with E-state index in [4.69, 9.17) is 15.2 Å². The van der Waals surface area contributed by atoms with Gasteiger partial charge >= 0.3 is 0 Å². The van der Waals surface area contributed by atoms with Crippen LogP contribution < -0.4 is 0 Å². The van der Waals surface area contributed by atoms with Crippen LogP contribution in [-0.4, -0.2) is 22.9 Å². The van der Waals surface area contributed by atoms with Gasteiger partial charge in [-0.2, -0.15) is 0 Å². The molecule has 0 aliphatic heterocycles. The third kappa shape index (κ3) is 29.5. The molecular weight excluding hydrogens is 232 g/mol. The molecule has 0 atom stereocenters. The maximum absolute atomic E-state index is 9.00. The van der Waals surface area contributed by atoms with Crippen molar-refractivity contribution < 1.29 is 20.0 Å².